The van der Waals surface area contributed by atoms with Crippen molar-refractivity contribution in [2.75, 3.05) is 0 Å². The van der Waals surface area contributed by atoms with Gasteiger partial charge in [-0.2, -0.15) is 5.10 Å². The van der Waals surface area contributed by atoms with Crippen molar-refractivity contribution >= 4 is 28.3 Å². The highest BCUT2D eigenvalue weighted by Gasteiger charge is 2.30. The predicted molar refractivity (Wildman–Crippen MR) is 154 cm³/mol. The first-order valence-corrected chi connectivity index (χ1v) is 15.3. The van der Waals surface area contributed by atoms with E-state index in [1.54, 1.807) is 16.8 Å². The molecule has 1 unspecified atom stereocenters. The molecule has 218 valence electrons. The molecule has 0 saturated heterocycles. The summed E-state index contributed by atoms with van der Waals surface area (Å²) in [5.41, 5.74) is 3.72. The SMILES string of the molecule is CCC(C)(C)c1cc(-c2nn(-c3nc(C(=O)O)cs3)c(CC3CC3)c2Cc2ccc([SH+](N)=O)c(F)c2)ccc1F.[OH-]. The van der Waals surface area contributed by atoms with Crippen molar-refractivity contribution in [3.05, 3.63) is 81.5 Å². The van der Waals surface area contributed by atoms with Crippen molar-refractivity contribution in [3.8, 4) is 16.4 Å². The normalized spacial score (nSPS) is 14.1. The fourth-order valence-electron chi connectivity index (χ4n) is 4.75. The van der Waals surface area contributed by atoms with Crippen molar-refractivity contribution < 1.29 is 28.4 Å². The minimum absolute atomic E-state index is 0. The lowest BCUT2D eigenvalue weighted by Gasteiger charge is -2.24. The molecule has 0 radical (unpaired) electrons. The zero-order chi connectivity index (χ0) is 28.8. The van der Waals surface area contributed by atoms with Gasteiger partial charge in [0.15, 0.2) is 22.5 Å². The average molecular weight is 603 g/mol. The van der Waals surface area contributed by atoms with Gasteiger partial charge >= 0.3 is 5.97 Å². The average Bonchev–Trinajstić information content (AvgIpc) is 3.46. The van der Waals surface area contributed by atoms with Crippen LogP contribution < -0.4 is 5.14 Å². The van der Waals surface area contributed by atoms with Gasteiger partial charge in [-0.25, -0.2) is 23.2 Å². The Kier molecular flexibility index (Phi) is 8.88. The molecule has 5 rings (SSSR count). The second-order valence-corrected chi connectivity index (χ2v) is 12.8. The van der Waals surface area contributed by atoms with Gasteiger partial charge in [0.1, 0.15) is 5.82 Å². The van der Waals surface area contributed by atoms with Gasteiger partial charge < -0.3 is 10.6 Å². The molecule has 1 aliphatic carbocycles. The van der Waals surface area contributed by atoms with Crippen LogP contribution in [0.3, 0.4) is 0 Å². The number of thiol groups is 1. The van der Waals surface area contributed by atoms with Crippen LogP contribution in [0.2, 0.25) is 0 Å². The Balaban J connectivity index is 0.00000387. The van der Waals surface area contributed by atoms with Gasteiger partial charge in [0.05, 0.1) is 11.4 Å². The quantitative estimate of drug-likeness (QED) is 0.170. The predicted octanol–water partition coefficient (Wildman–Crippen LogP) is 5.96. The molecule has 1 fully saturated rings. The van der Waals surface area contributed by atoms with Gasteiger partial charge in [0.2, 0.25) is 10.0 Å². The van der Waals surface area contributed by atoms with Crippen LogP contribution in [0.5, 0.6) is 0 Å². The summed E-state index contributed by atoms with van der Waals surface area (Å²) in [7, 11) is -2.32. The number of carboxylic acids is 1. The second kappa shape index (κ2) is 11.9. The van der Waals surface area contributed by atoms with E-state index in [0.29, 0.717) is 46.3 Å². The molecule has 1 aliphatic rings. The summed E-state index contributed by atoms with van der Waals surface area (Å²) in [6, 6.07) is 9.43. The number of halogens is 2. The molecule has 4 N–H and O–H groups in total. The van der Waals surface area contributed by atoms with Crippen LogP contribution >= 0.6 is 11.3 Å². The summed E-state index contributed by atoms with van der Waals surface area (Å²) in [4.78, 5) is 15.8. The maximum absolute atomic E-state index is 15.0. The summed E-state index contributed by atoms with van der Waals surface area (Å²) < 4.78 is 43.2. The highest BCUT2D eigenvalue weighted by atomic mass is 32.2. The van der Waals surface area contributed by atoms with E-state index >= 15 is 4.39 Å². The molecule has 4 aromatic rings. The highest BCUT2D eigenvalue weighted by molar-refractivity contribution is 7.82. The van der Waals surface area contributed by atoms with E-state index in [2.05, 4.69) is 4.98 Å². The molecule has 2 aromatic carbocycles. The Morgan fingerprint density at radius 2 is 1.93 bits per heavy atom. The Morgan fingerprint density at radius 1 is 1.20 bits per heavy atom. The van der Waals surface area contributed by atoms with Crippen LogP contribution in [0.1, 0.15) is 72.9 Å². The summed E-state index contributed by atoms with van der Waals surface area (Å²) in [5, 5.41) is 21.7. The van der Waals surface area contributed by atoms with Gasteiger partial charge in [-0.3, -0.25) is 0 Å². The Bertz CT molecular complexity index is 1630. The molecule has 8 nitrogen and oxygen atoms in total. The third-order valence-corrected chi connectivity index (χ3v) is 9.30. The van der Waals surface area contributed by atoms with Gasteiger partial charge in [-0.05, 0) is 78.5 Å². The fourth-order valence-corrected chi connectivity index (χ4v) is 6.02. The van der Waals surface area contributed by atoms with Gasteiger partial charge in [-0.15, -0.1) is 16.5 Å². The first kappa shape index (κ1) is 30.6. The number of carboxylic acid groups (broad SMARTS) is 1. The molecule has 12 heteroatoms. The van der Waals surface area contributed by atoms with E-state index in [9.17, 15) is 18.5 Å². The lowest BCUT2D eigenvalue weighted by Crippen LogP contribution is -2.17. The molecule has 41 heavy (non-hydrogen) atoms. The van der Waals surface area contributed by atoms with E-state index < -0.39 is 28.2 Å². The van der Waals surface area contributed by atoms with Crippen molar-refractivity contribution in [1.29, 1.82) is 0 Å². The van der Waals surface area contributed by atoms with E-state index in [1.165, 1.54) is 34.9 Å². The summed E-state index contributed by atoms with van der Waals surface area (Å²) in [5.74, 6) is -1.62. The number of aromatic nitrogens is 3. The number of hydrogen-bond acceptors (Lipinski definition) is 6. The third-order valence-electron chi connectivity index (χ3n) is 7.64. The monoisotopic (exact) mass is 602 g/mol. The number of carbonyl (C=O) groups is 1. The van der Waals surface area contributed by atoms with Crippen LogP contribution in [0, 0.1) is 17.6 Å². The Labute approximate surface area is 243 Å². The Hall–Kier alpha value is -3.32. The van der Waals surface area contributed by atoms with Crippen LogP contribution in [-0.4, -0.2) is 31.3 Å². The van der Waals surface area contributed by atoms with Gasteiger partial charge in [0.25, 0.3) is 0 Å². The second-order valence-electron chi connectivity index (χ2n) is 10.9. The molecular weight excluding hydrogens is 570 g/mol. The van der Waals surface area contributed by atoms with Gasteiger partial charge in [-0.1, -0.05) is 31.0 Å². The molecule has 0 bridgehead atoms. The van der Waals surface area contributed by atoms with Crippen molar-refractivity contribution in [3.63, 3.8) is 0 Å². The van der Waals surface area contributed by atoms with Gasteiger partial charge in [0, 0.05) is 22.9 Å². The zero-order valence-corrected chi connectivity index (χ0v) is 24.6. The molecular formula is C29H32F2N4O4S2. The van der Waals surface area contributed by atoms with Crippen LogP contribution in [0.4, 0.5) is 8.78 Å². The summed E-state index contributed by atoms with van der Waals surface area (Å²) in [6.45, 7) is 5.99. The summed E-state index contributed by atoms with van der Waals surface area (Å²) in [6.07, 6.45) is 3.85. The van der Waals surface area contributed by atoms with Crippen LogP contribution in [0.15, 0.2) is 46.7 Å². The largest absolute Gasteiger partial charge is 0.870 e. The molecule has 1 saturated carbocycles. The number of nitrogens with zero attached hydrogens (tertiary/aromatic N) is 3. The number of benzene rings is 2. The van der Waals surface area contributed by atoms with E-state index in [-0.39, 0.29) is 21.9 Å². The topological polar surface area (TPSA) is 141 Å². The molecule has 0 amide bonds. The van der Waals surface area contributed by atoms with Crippen molar-refractivity contribution in [2.24, 2.45) is 11.1 Å². The number of nitrogens with two attached hydrogens (primary N) is 1. The number of hydrogen-bond donors (Lipinski definition) is 2. The first-order valence-electron chi connectivity index (χ1n) is 13.1. The molecule has 2 heterocycles. The lowest BCUT2D eigenvalue weighted by molar-refractivity contribution is 0.0691. The molecule has 0 aliphatic heterocycles. The minimum Gasteiger partial charge on any atom is -0.870 e. The maximum atomic E-state index is 15.0. The standard InChI is InChI=1S/C29H30F2N4O3S2.H2O/c1-4-29(2,3)20-14-18(8-9-21(20)30)26-19(11-17-7-10-25(40(32)38)22(31)12-17)24(13-16-5-6-16)35(34-26)28-33-23(15-39-28)27(36)37;/h7-10,12,14-16H,4-6,11,13H2,1-3H3,(H2,32,38)(H,36,37);1H2. The van der Waals surface area contributed by atoms with Crippen molar-refractivity contribution in [1.82, 2.24) is 14.8 Å². The van der Waals surface area contributed by atoms with E-state index in [4.69, 9.17) is 10.2 Å². The maximum Gasteiger partial charge on any atom is 0.355 e. The van der Waals surface area contributed by atoms with Crippen LogP contribution in [-0.2, 0) is 33.5 Å². The number of rotatable bonds is 10. The Morgan fingerprint density at radius 3 is 2.51 bits per heavy atom. The number of thiazole rings is 1. The summed E-state index contributed by atoms with van der Waals surface area (Å²) >= 11 is 1.18. The smallest absolute Gasteiger partial charge is 0.355 e. The number of aromatic carboxylic acids is 1. The highest BCUT2D eigenvalue weighted by Crippen LogP contribution is 2.39. The molecule has 0 spiro atoms. The fraction of sp³-hybridized carbons (Fsp3) is 0.345. The zero-order valence-electron chi connectivity index (χ0n) is 22.9. The van der Waals surface area contributed by atoms with E-state index in [0.717, 1.165) is 30.5 Å². The third kappa shape index (κ3) is 6.30. The molecule has 2 aromatic heterocycles. The minimum atomic E-state index is -2.32. The van der Waals surface area contributed by atoms with E-state index in [1.807, 2.05) is 26.8 Å². The van der Waals surface area contributed by atoms with Crippen LogP contribution in [0.25, 0.3) is 16.4 Å². The first-order chi connectivity index (χ1) is 19.0. The lowest BCUT2D eigenvalue weighted by atomic mass is 9.81. The van der Waals surface area contributed by atoms with Crippen molar-refractivity contribution in [2.45, 2.75) is 63.2 Å². The molecule has 1 atom stereocenters.